The van der Waals surface area contributed by atoms with E-state index in [0.717, 1.165) is 45.4 Å². The Morgan fingerprint density at radius 3 is 2.45 bits per heavy atom. The van der Waals surface area contributed by atoms with Crippen molar-refractivity contribution in [1.82, 2.24) is 4.90 Å². The first-order valence-electron chi connectivity index (χ1n) is 9.99. The smallest absolute Gasteiger partial charge is 0.238 e. The van der Waals surface area contributed by atoms with Gasteiger partial charge in [0.05, 0.1) is 6.54 Å². The topological polar surface area (TPSA) is 61.4 Å². The molecule has 0 aliphatic heterocycles. The molecule has 0 unspecified atom stereocenters. The van der Waals surface area contributed by atoms with E-state index in [0.29, 0.717) is 25.6 Å². The molecular formula is C23H28BrN3O2. The summed E-state index contributed by atoms with van der Waals surface area (Å²) in [6.45, 7) is 6.87. The second kappa shape index (κ2) is 9.55. The fourth-order valence-corrected chi connectivity index (χ4v) is 3.51. The third-order valence-electron chi connectivity index (χ3n) is 5.14. The van der Waals surface area contributed by atoms with Gasteiger partial charge < -0.3 is 10.6 Å². The number of benzene rings is 2. The number of anilines is 2. The fraction of sp³-hybridized carbons (Fsp3) is 0.391. The minimum absolute atomic E-state index is 0.0328. The van der Waals surface area contributed by atoms with Crippen LogP contribution in [0.3, 0.4) is 0 Å². The standard InChI is InChI=1S/C23H28BrN3O2/c1-15-4-5-16(2)21(12-15)26-23(29)14-27(19-7-8-19)11-10-22(28)25-18-6-9-20(24)17(3)13-18/h4-6,9,12-13,19H,7-8,10-11,14H2,1-3H3,(H,25,28)(H,26,29). The van der Waals surface area contributed by atoms with Crippen molar-refractivity contribution in [2.75, 3.05) is 23.7 Å². The lowest BCUT2D eigenvalue weighted by atomic mass is 10.1. The van der Waals surface area contributed by atoms with E-state index in [1.807, 2.05) is 57.2 Å². The van der Waals surface area contributed by atoms with Gasteiger partial charge in [-0.25, -0.2) is 0 Å². The molecule has 3 rings (SSSR count). The second-order valence-corrected chi connectivity index (χ2v) is 8.68. The third kappa shape index (κ3) is 6.41. The average molecular weight is 458 g/mol. The quantitative estimate of drug-likeness (QED) is 0.597. The van der Waals surface area contributed by atoms with Crippen LogP contribution in [-0.4, -0.2) is 35.8 Å². The molecule has 0 atom stereocenters. The van der Waals surface area contributed by atoms with Crippen LogP contribution in [-0.2, 0) is 9.59 Å². The first kappa shape index (κ1) is 21.5. The van der Waals surface area contributed by atoms with Crippen molar-refractivity contribution in [2.24, 2.45) is 0 Å². The molecule has 1 aliphatic carbocycles. The van der Waals surface area contributed by atoms with Crippen molar-refractivity contribution in [3.8, 4) is 0 Å². The van der Waals surface area contributed by atoms with Crippen LogP contribution >= 0.6 is 15.9 Å². The maximum absolute atomic E-state index is 12.6. The van der Waals surface area contributed by atoms with E-state index in [-0.39, 0.29) is 11.8 Å². The molecule has 0 heterocycles. The Morgan fingerprint density at radius 2 is 1.76 bits per heavy atom. The molecule has 1 saturated carbocycles. The van der Waals surface area contributed by atoms with Gasteiger partial charge >= 0.3 is 0 Å². The Kier molecular flexibility index (Phi) is 7.09. The van der Waals surface area contributed by atoms with Crippen molar-refractivity contribution in [3.05, 3.63) is 57.6 Å². The van der Waals surface area contributed by atoms with Crippen LogP contribution in [0.4, 0.5) is 11.4 Å². The maximum atomic E-state index is 12.6. The van der Waals surface area contributed by atoms with Crippen molar-refractivity contribution >= 4 is 39.1 Å². The molecule has 2 N–H and O–H groups in total. The zero-order chi connectivity index (χ0) is 21.0. The summed E-state index contributed by atoms with van der Waals surface area (Å²) in [6.07, 6.45) is 2.54. The molecule has 0 saturated heterocycles. The highest BCUT2D eigenvalue weighted by Gasteiger charge is 2.30. The molecule has 2 amide bonds. The highest BCUT2D eigenvalue weighted by Crippen LogP contribution is 2.27. The van der Waals surface area contributed by atoms with Gasteiger partial charge in [-0.2, -0.15) is 0 Å². The fourth-order valence-electron chi connectivity index (χ4n) is 3.27. The lowest BCUT2D eigenvalue weighted by Gasteiger charge is -2.21. The van der Waals surface area contributed by atoms with Gasteiger partial charge in [0.1, 0.15) is 0 Å². The van der Waals surface area contributed by atoms with Gasteiger partial charge in [-0.3, -0.25) is 14.5 Å². The van der Waals surface area contributed by atoms with E-state index in [2.05, 4.69) is 31.5 Å². The van der Waals surface area contributed by atoms with Crippen LogP contribution < -0.4 is 10.6 Å². The molecule has 6 heteroatoms. The number of carbonyl (C=O) groups is 2. The van der Waals surface area contributed by atoms with Gasteiger partial charge in [-0.05, 0) is 74.6 Å². The molecule has 0 radical (unpaired) electrons. The third-order valence-corrected chi connectivity index (χ3v) is 6.03. The maximum Gasteiger partial charge on any atom is 0.238 e. The summed E-state index contributed by atoms with van der Waals surface area (Å²) < 4.78 is 1.02. The first-order valence-corrected chi connectivity index (χ1v) is 10.8. The zero-order valence-corrected chi connectivity index (χ0v) is 18.8. The number of amides is 2. The summed E-state index contributed by atoms with van der Waals surface area (Å²) in [6, 6.07) is 12.2. The van der Waals surface area contributed by atoms with Crippen molar-refractivity contribution in [2.45, 2.75) is 46.1 Å². The number of nitrogens with one attached hydrogen (secondary N) is 2. The molecule has 29 heavy (non-hydrogen) atoms. The Hall–Kier alpha value is -2.18. The summed E-state index contributed by atoms with van der Waals surface area (Å²) >= 11 is 3.47. The van der Waals surface area contributed by atoms with Crippen molar-refractivity contribution in [3.63, 3.8) is 0 Å². The monoisotopic (exact) mass is 457 g/mol. The van der Waals surface area contributed by atoms with Gasteiger partial charge in [0.25, 0.3) is 0 Å². The molecule has 0 aromatic heterocycles. The van der Waals surface area contributed by atoms with Crippen molar-refractivity contribution in [1.29, 1.82) is 0 Å². The number of nitrogens with zero attached hydrogens (tertiary/aromatic N) is 1. The number of hydrogen-bond acceptors (Lipinski definition) is 3. The Morgan fingerprint density at radius 1 is 1.00 bits per heavy atom. The van der Waals surface area contributed by atoms with E-state index in [9.17, 15) is 9.59 Å². The summed E-state index contributed by atoms with van der Waals surface area (Å²) in [5, 5.41) is 5.96. The summed E-state index contributed by atoms with van der Waals surface area (Å²) in [4.78, 5) is 27.0. The minimum atomic E-state index is -0.0349. The van der Waals surface area contributed by atoms with E-state index in [1.165, 1.54) is 0 Å². The molecule has 1 fully saturated rings. The number of carbonyl (C=O) groups excluding carboxylic acids is 2. The van der Waals surface area contributed by atoms with Crippen molar-refractivity contribution < 1.29 is 9.59 Å². The number of aryl methyl sites for hydroxylation is 3. The predicted molar refractivity (Wildman–Crippen MR) is 121 cm³/mol. The molecule has 0 spiro atoms. The van der Waals surface area contributed by atoms with Crippen LogP contribution in [0.15, 0.2) is 40.9 Å². The number of halogens is 1. The Bertz CT molecular complexity index is 909. The molecule has 154 valence electrons. The normalized spacial score (nSPS) is 13.4. The Labute approximate surface area is 181 Å². The molecule has 5 nitrogen and oxygen atoms in total. The van der Waals surface area contributed by atoms with Crippen LogP contribution in [0.1, 0.15) is 36.0 Å². The minimum Gasteiger partial charge on any atom is -0.326 e. The van der Waals surface area contributed by atoms with E-state index in [4.69, 9.17) is 0 Å². The zero-order valence-electron chi connectivity index (χ0n) is 17.2. The molecule has 2 aromatic carbocycles. The van der Waals surface area contributed by atoms with Crippen LogP contribution in [0.2, 0.25) is 0 Å². The van der Waals surface area contributed by atoms with Gasteiger partial charge in [-0.15, -0.1) is 0 Å². The second-order valence-electron chi connectivity index (χ2n) is 7.83. The molecule has 1 aliphatic rings. The van der Waals surface area contributed by atoms with Gasteiger partial charge in [-0.1, -0.05) is 28.1 Å². The van der Waals surface area contributed by atoms with Gasteiger partial charge in [0.15, 0.2) is 0 Å². The average Bonchev–Trinajstić information content (AvgIpc) is 3.50. The molecular weight excluding hydrogens is 430 g/mol. The first-order chi connectivity index (χ1) is 13.8. The van der Waals surface area contributed by atoms with Crippen LogP contribution in [0.25, 0.3) is 0 Å². The van der Waals surface area contributed by atoms with E-state index < -0.39 is 0 Å². The summed E-state index contributed by atoms with van der Waals surface area (Å²) in [5.74, 6) is -0.0677. The van der Waals surface area contributed by atoms with E-state index >= 15 is 0 Å². The van der Waals surface area contributed by atoms with Gasteiger partial charge in [0.2, 0.25) is 11.8 Å². The molecule has 2 aromatic rings. The van der Waals surface area contributed by atoms with Crippen LogP contribution in [0.5, 0.6) is 0 Å². The number of hydrogen-bond donors (Lipinski definition) is 2. The number of rotatable bonds is 8. The largest absolute Gasteiger partial charge is 0.326 e. The predicted octanol–water partition coefficient (Wildman–Crippen LogP) is 4.81. The highest BCUT2D eigenvalue weighted by atomic mass is 79.9. The summed E-state index contributed by atoms with van der Waals surface area (Å²) in [5.41, 5.74) is 4.89. The molecule has 0 bridgehead atoms. The van der Waals surface area contributed by atoms with E-state index in [1.54, 1.807) is 0 Å². The SMILES string of the molecule is Cc1ccc(C)c(NC(=O)CN(CCC(=O)Nc2ccc(Br)c(C)c2)C2CC2)c1. The van der Waals surface area contributed by atoms with Crippen LogP contribution in [0, 0.1) is 20.8 Å². The lowest BCUT2D eigenvalue weighted by molar-refractivity contribution is -0.119. The van der Waals surface area contributed by atoms with Gasteiger partial charge in [0, 0.05) is 34.9 Å². The Balaban J connectivity index is 1.52. The highest BCUT2D eigenvalue weighted by molar-refractivity contribution is 9.10. The summed E-state index contributed by atoms with van der Waals surface area (Å²) in [7, 11) is 0. The lowest BCUT2D eigenvalue weighted by Crippen LogP contribution is -2.37.